The quantitative estimate of drug-likeness (QED) is 0.687. The monoisotopic (exact) mass is 279 g/mol. The van der Waals surface area contributed by atoms with E-state index >= 15 is 0 Å². The molecule has 3 nitrogen and oxygen atoms in total. The highest BCUT2D eigenvalue weighted by atomic mass is 16.5. The van der Waals surface area contributed by atoms with E-state index in [4.69, 9.17) is 9.47 Å². The van der Waals surface area contributed by atoms with Crippen molar-refractivity contribution in [2.45, 2.75) is 46.1 Å². The van der Waals surface area contributed by atoms with Crippen molar-refractivity contribution in [2.24, 2.45) is 0 Å². The van der Waals surface area contributed by atoms with Gasteiger partial charge in [-0.1, -0.05) is 19.9 Å². The Morgan fingerprint density at radius 3 is 2.10 bits per heavy atom. The minimum Gasteiger partial charge on any atom is -0.493 e. The predicted octanol–water partition coefficient (Wildman–Crippen LogP) is 3.76. The first-order chi connectivity index (χ1) is 9.65. The van der Waals surface area contributed by atoms with E-state index in [-0.39, 0.29) is 0 Å². The molecule has 0 heterocycles. The van der Waals surface area contributed by atoms with Crippen LogP contribution in [-0.2, 0) is 6.42 Å². The Labute approximate surface area is 123 Å². The fourth-order valence-electron chi connectivity index (χ4n) is 2.60. The van der Waals surface area contributed by atoms with Gasteiger partial charge in [-0.3, -0.25) is 0 Å². The first-order valence-corrected chi connectivity index (χ1v) is 7.61. The molecular formula is C17H29NO2. The Kier molecular flexibility index (Phi) is 7.45. The normalized spacial score (nSPS) is 12.5. The number of hydrogen-bond acceptors (Lipinski definition) is 3. The summed E-state index contributed by atoms with van der Waals surface area (Å²) in [4.78, 5) is 2.57. The van der Waals surface area contributed by atoms with Gasteiger partial charge >= 0.3 is 0 Å². The van der Waals surface area contributed by atoms with Crippen molar-refractivity contribution < 1.29 is 9.47 Å². The lowest BCUT2D eigenvalue weighted by Gasteiger charge is -2.28. The number of ether oxygens (including phenoxy) is 2. The standard InChI is InChI=1S/C17H29NO2/c1-6-10-18(11-7-2)14(3)12-15-8-9-16(19-4)17(13-15)20-5/h8-9,13-14H,6-7,10-12H2,1-5H3/t14-/m1/s1. The Hall–Kier alpha value is -1.22. The third kappa shape index (κ3) is 4.71. The zero-order valence-corrected chi connectivity index (χ0v) is 13.6. The van der Waals surface area contributed by atoms with Gasteiger partial charge in [-0.25, -0.2) is 0 Å². The molecule has 1 aromatic rings. The van der Waals surface area contributed by atoms with E-state index in [1.807, 2.05) is 6.07 Å². The van der Waals surface area contributed by atoms with E-state index in [9.17, 15) is 0 Å². The molecule has 0 aliphatic heterocycles. The zero-order chi connectivity index (χ0) is 15.0. The lowest BCUT2D eigenvalue weighted by molar-refractivity contribution is 0.208. The van der Waals surface area contributed by atoms with Gasteiger partial charge in [-0.05, 0) is 57.0 Å². The average Bonchev–Trinajstić information content (AvgIpc) is 2.46. The smallest absolute Gasteiger partial charge is 0.160 e. The van der Waals surface area contributed by atoms with Gasteiger partial charge in [0.15, 0.2) is 11.5 Å². The Morgan fingerprint density at radius 2 is 1.60 bits per heavy atom. The van der Waals surface area contributed by atoms with Gasteiger partial charge in [0.1, 0.15) is 0 Å². The van der Waals surface area contributed by atoms with Crippen molar-refractivity contribution >= 4 is 0 Å². The van der Waals surface area contributed by atoms with E-state index in [2.05, 4.69) is 37.8 Å². The molecule has 20 heavy (non-hydrogen) atoms. The Bertz CT molecular complexity index is 387. The van der Waals surface area contributed by atoms with Crippen LogP contribution in [0.4, 0.5) is 0 Å². The summed E-state index contributed by atoms with van der Waals surface area (Å²) in [6.45, 7) is 9.13. The zero-order valence-electron chi connectivity index (χ0n) is 13.6. The maximum atomic E-state index is 5.38. The second-order valence-electron chi connectivity index (χ2n) is 5.28. The highest BCUT2D eigenvalue weighted by molar-refractivity contribution is 5.43. The van der Waals surface area contributed by atoms with Crippen LogP contribution < -0.4 is 9.47 Å². The second-order valence-corrected chi connectivity index (χ2v) is 5.28. The molecule has 0 aromatic heterocycles. The summed E-state index contributed by atoms with van der Waals surface area (Å²) in [6, 6.07) is 6.76. The first kappa shape index (κ1) is 16.8. The maximum Gasteiger partial charge on any atom is 0.160 e. The van der Waals surface area contributed by atoms with Crippen LogP contribution in [0.2, 0.25) is 0 Å². The van der Waals surface area contributed by atoms with Crippen LogP contribution in [0.5, 0.6) is 11.5 Å². The molecule has 1 aromatic carbocycles. The fourth-order valence-corrected chi connectivity index (χ4v) is 2.60. The van der Waals surface area contributed by atoms with Crippen LogP contribution in [0.3, 0.4) is 0 Å². The van der Waals surface area contributed by atoms with Gasteiger partial charge < -0.3 is 14.4 Å². The molecule has 0 saturated carbocycles. The summed E-state index contributed by atoms with van der Waals surface area (Å²) in [5.41, 5.74) is 1.30. The van der Waals surface area contributed by atoms with Crippen molar-refractivity contribution in [1.82, 2.24) is 4.90 Å². The average molecular weight is 279 g/mol. The fraction of sp³-hybridized carbons (Fsp3) is 0.647. The van der Waals surface area contributed by atoms with Crippen LogP contribution in [0.1, 0.15) is 39.2 Å². The summed E-state index contributed by atoms with van der Waals surface area (Å²) in [5.74, 6) is 1.61. The number of benzene rings is 1. The van der Waals surface area contributed by atoms with Gasteiger partial charge in [0.2, 0.25) is 0 Å². The summed E-state index contributed by atoms with van der Waals surface area (Å²) >= 11 is 0. The maximum absolute atomic E-state index is 5.38. The SMILES string of the molecule is CCCN(CCC)[C@H](C)Cc1ccc(OC)c(OC)c1. The summed E-state index contributed by atoms with van der Waals surface area (Å²) in [7, 11) is 3.36. The summed E-state index contributed by atoms with van der Waals surface area (Å²) < 4.78 is 10.7. The molecule has 0 aliphatic carbocycles. The van der Waals surface area contributed by atoms with E-state index in [0.29, 0.717) is 6.04 Å². The summed E-state index contributed by atoms with van der Waals surface area (Å²) in [5, 5.41) is 0. The molecule has 0 N–H and O–H groups in total. The molecule has 0 amide bonds. The van der Waals surface area contributed by atoms with Crippen LogP contribution in [0, 0.1) is 0 Å². The van der Waals surface area contributed by atoms with E-state index < -0.39 is 0 Å². The molecule has 1 atom stereocenters. The highest BCUT2D eigenvalue weighted by Gasteiger charge is 2.14. The van der Waals surface area contributed by atoms with Gasteiger partial charge in [0, 0.05) is 6.04 Å². The van der Waals surface area contributed by atoms with E-state index in [1.54, 1.807) is 14.2 Å². The largest absolute Gasteiger partial charge is 0.493 e. The molecule has 0 radical (unpaired) electrons. The molecule has 1 rings (SSSR count). The number of nitrogens with zero attached hydrogens (tertiary/aromatic N) is 1. The third-order valence-electron chi connectivity index (χ3n) is 3.62. The lowest BCUT2D eigenvalue weighted by atomic mass is 10.0. The van der Waals surface area contributed by atoms with Gasteiger partial charge in [-0.2, -0.15) is 0 Å². The minimum atomic E-state index is 0.549. The molecule has 0 aliphatic rings. The van der Waals surface area contributed by atoms with Gasteiger partial charge in [0.05, 0.1) is 14.2 Å². The van der Waals surface area contributed by atoms with Crippen LogP contribution in [0.15, 0.2) is 18.2 Å². The van der Waals surface area contributed by atoms with Gasteiger partial charge in [0.25, 0.3) is 0 Å². The molecule has 0 unspecified atom stereocenters. The summed E-state index contributed by atoms with van der Waals surface area (Å²) in [6.07, 6.45) is 3.45. The molecule has 3 heteroatoms. The molecule has 114 valence electrons. The van der Waals surface area contributed by atoms with E-state index in [0.717, 1.165) is 17.9 Å². The topological polar surface area (TPSA) is 21.7 Å². The molecule has 0 spiro atoms. The second kappa shape index (κ2) is 8.85. The highest BCUT2D eigenvalue weighted by Crippen LogP contribution is 2.28. The number of hydrogen-bond donors (Lipinski definition) is 0. The molecular weight excluding hydrogens is 250 g/mol. The van der Waals surface area contributed by atoms with Crippen LogP contribution in [0.25, 0.3) is 0 Å². The van der Waals surface area contributed by atoms with Crippen LogP contribution in [-0.4, -0.2) is 38.3 Å². The van der Waals surface area contributed by atoms with Crippen molar-refractivity contribution in [3.05, 3.63) is 23.8 Å². The number of rotatable bonds is 9. The molecule has 0 bridgehead atoms. The first-order valence-electron chi connectivity index (χ1n) is 7.61. The Morgan fingerprint density at radius 1 is 1.00 bits per heavy atom. The third-order valence-corrected chi connectivity index (χ3v) is 3.62. The van der Waals surface area contributed by atoms with Crippen molar-refractivity contribution in [2.75, 3.05) is 27.3 Å². The van der Waals surface area contributed by atoms with Crippen molar-refractivity contribution in [1.29, 1.82) is 0 Å². The Balaban J connectivity index is 2.75. The van der Waals surface area contributed by atoms with Gasteiger partial charge in [-0.15, -0.1) is 0 Å². The minimum absolute atomic E-state index is 0.549. The lowest BCUT2D eigenvalue weighted by Crippen LogP contribution is -2.35. The van der Waals surface area contributed by atoms with E-state index in [1.165, 1.54) is 31.5 Å². The van der Waals surface area contributed by atoms with Crippen molar-refractivity contribution in [3.8, 4) is 11.5 Å². The van der Waals surface area contributed by atoms with Crippen molar-refractivity contribution in [3.63, 3.8) is 0 Å². The molecule has 0 saturated heterocycles. The predicted molar refractivity (Wildman–Crippen MR) is 84.9 cm³/mol. The molecule has 0 fully saturated rings. The number of methoxy groups -OCH3 is 2. The van der Waals surface area contributed by atoms with Crippen LogP contribution >= 0.6 is 0 Å².